The van der Waals surface area contributed by atoms with Gasteiger partial charge in [0.1, 0.15) is 0 Å². The van der Waals surface area contributed by atoms with Gasteiger partial charge in [0.05, 0.1) is 17.2 Å². The van der Waals surface area contributed by atoms with Crippen molar-refractivity contribution >= 4 is 29.1 Å². The van der Waals surface area contributed by atoms with Gasteiger partial charge in [-0.1, -0.05) is 41.4 Å². The van der Waals surface area contributed by atoms with Crippen LogP contribution in [0.4, 0.5) is 0 Å². The zero-order valence-electron chi connectivity index (χ0n) is 14.5. The van der Waals surface area contributed by atoms with Crippen LogP contribution in [0.25, 0.3) is 0 Å². The van der Waals surface area contributed by atoms with Crippen LogP contribution in [0, 0.1) is 0 Å². The van der Waals surface area contributed by atoms with Crippen molar-refractivity contribution < 1.29 is 14.3 Å². The van der Waals surface area contributed by atoms with E-state index < -0.39 is 0 Å². The standard InChI is InChI=1S/C19H21Cl2NO3/c1-13(2)22(11-14-8-9-15(20)16(21)10-14)19(23)12-25-18-7-5-4-6-17(18)24-3/h4-10,13H,11-12H2,1-3H3. The van der Waals surface area contributed by atoms with Crippen molar-refractivity contribution in [3.05, 3.63) is 58.1 Å². The van der Waals surface area contributed by atoms with Crippen LogP contribution in [-0.4, -0.2) is 30.6 Å². The summed E-state index contributed by atoms with van der Waals surface area (Å²) in [5.74, 6) is 1.01. The lowest BCUT2D eigenvalue weighted by Gasteiger charge is -2.27. The highest BCUT2D eigenvalue weighted by Gasteiger charge is 2.19. The van der Waals surface area contributed by atoms with Crippen molar-refractivity contribution in [1.82, 2.24) is 4.90 Å². The number of carbonyl (C=O) groups excluding carboxylic acids is 1. The predicted octanol–water partition coefficient (Wildman–Crippen LogP) is 4.82. The van der Waals surface area contributed by atoms with Crippen LogP contribution in [0.15, 0.2) is 42.5 Å². The van der Waals surface area contributed by atoms with Crippen molar-refractivity contribution in [2.45, 2.75) is 26.4 Å². The summed E-state index contributed by atoms with van der Waals surface area (Å²) in [6.45, 7) is 4.28. The van der Waals surface area contributed by atoms with E-state index in [1.165, 1.54) is 0 Å². The van der Waals surface area contributed by atoms with E-state index in [0.717, 1.165) is 5.56 Å². The Bertz CT molecular complexity index is 734. The van der Waals surface area contributed by atoms with Gasteiger partial charge in [-0.3, -0.25) is 4.79 Å². The number of carbonyl (C=O) groups is 1. The summed E-state index contributed by atoms with van der Waals surface area (Å²) in [4.78, 5) is 14.3. The fraction of sp³-hybridized carbons (Fsp3) is 0.316. The lowest BCUT2D eigenvalue weighted by Crippen LogP contribution is -2.39. The van der Waals surface area contributed by atoms with Gasteiger partial charge in [0, 0.05) is 12.6 Å². The van der Waals surface area contributed by atoms with Gasteiger partial charge in [-0.15, -0.1) is 0 Å². The smallest absolute Gasteiger partial charge is 0.261 e. The lowest BCUT2D eigenvalue weighted by atomic mass is 10.2. The van der Waals surface area contributed by atoms with E-state index in [1.807, 2.05) is 32.0 Å². The molecule has 0 spiro atoms. The minimum atomic E-state index is -0.119. The normalized spacial score (nSPS) is 10.6. The van der Waals surface area contributed by atoms with Crippen LogP contribution in [0.1, 0.15) is 19.4 Å². The average molecular weight is 382 g/mol. The van der Waals surface area contributed by atoms with E-state index in [0.29, 0.717) is 28.1 Å². The third-order valence-electron chi connectivity index (χ3n) is 3.70. The number of hydrogen-bond acceptors (Lipinski definition) is 3. The number of methoxy groups -OCH3 is 1. The molecule has 0 unspecified atom stereocenters. The highest BCUT2D eigenvalue weighted by molar-refractivity contribution is 6.42. The molecule has 2 rings (SSSR count). The van der Waals surface area contributed by atoms with Gasteiger partial charge in [0.15, 0.2) is 18.1 Å². The maximum absolute atomic E-state index is 12.6. The molecule has 0 aliphatic rings. The molecule has 0 bridgehead atoms. The molecule has 0 saturated heterocycles. The molecule has 0 atom stereocenters. The summed E-state index contributed by atoms with van der Waals surface area (Å²) in [5.41, 5.74) is 0.911. The van der Waals surface area contributed by atoms with Crippen LogP contribution < -0.4 is 9.47 Å². The number of amides is 1. The molecule has 134 valence electrons. The topological polar surface area (TPSA) is 38.8 Å². The van der Waals surface area contributed by atoms with Crippen LogP contribution in [0.5, 0.6) is 11.5 Å². The first-order chi connectivity index (χ1) is 11.9. The summed E-state index contributed by atoms with van der Waals surface area (Å²) in [5, 5.41) is 0.966. The second-order valence-corrected chi connectivity index (χ2v) is 6.62. The monoisotopic (exact) mass is 381 g/mol. The first-order valence-corrected chi connectivity index (χ1v) is 8.67. The van der Waals surface area contributed by atoms with Crippen LogP contribution in [-0.2, 0) is 11.3 Å². The molecule has 1 amide bonds. The number of nitrogens with zero attached hydrogens (tertiary/aromatic N) is 1. The Hall–Kier alpha value is -1.91. The Balaban J connectivity index is 2.06. The van der Waals surface area contributed by atoms with Crippen LogP contribution in [0.2, 0.25) is 10.0 Å². The van der Waals surface area contributed by atoms with Gasteiger partial charge in [0.25, 0.3) is 5.91 Å². The Kier molecular flexibility index (Phi) is 6.97. The average Bonchev–Trinajstić information content (AvgIpc) is 2.60. The second kappa shape index (κ2) is 8.97. The van der Waals surface area contributed by atoms with Gasteiger partial charge in [-0.2, -0.15) is 0 Å². The minimum absolute atomic E-state index is 0.0169. The number of hydrogen-bond donors (Lipinski definition) is 0. The summed E-state index contributed by atoms with van der Waals surface area (Å²) < 4.78 is 10.9. The number of ether oxygens (including phenoxy) is 2. The summed E-state index contributed by atoms with van der Waals surface area (Å²) in [6.07, 6.45) is 0. The predicted molar refractivity (Wildman–Crippen MR) is 101 cm³/mol. The van der Waals surface area contributed by atoms with Crippen LogP contribution in [0.3, 0.4) is 0 Å². The van der Waals surface area contributed by atoms with Crippen molar-refractivity contribution in [2.75, 3.05) is 13.7 Å². The van der Waals surface area contributed by atoms with E-state index in [-0.39, 0.29) is 18.6 Å². The summed E-state index contributed by atoms with van der Waals surface area (Å²) >= 11 is 12.0. The zero-order valence-corrected chi connectivity index (χ0v) is 16.0. The summed E-state index contributed by atoms with van der Waals surface area (Å²) in [7, 11) is 1.56. The molecule has 2 aromatic rings. The van der Waals surface area contributed by atoms with Crippen molar-refractivity contribution in [3.63, 3.8) is 0 Å². The molecule has 0 saturated carbocycles. The van der Waals surface area contributed by atoms with Gasteiger partial charge < -0.3 is 14.4 Å². The molecule has 25 heavy (non-hydrogen) atoms. The first kappa shape index (κ1) is 19.4. The summed E-state index contributed by atoms with van der Waals surface area (Å²) in [6, 6.07) is 12.6. The molecule has 0 heterocycles. The molecular formula is C19H21Cl2NO3. The molecule has 0 fully saturated rings. The molecule has 0 N–H and O–H groups in total. The van der Waals surface area contributed by atoms with E-state index in [4.69, 9.17) is 32.7 Å². The van der Waals surface area contributed by atoms with Crippen molar-refractivity contribution in [1.29, 1.82) is 0 Å². The SMILES string of the molecule is COc1ccccc1OCC(=O)N(Cc1ccc(Cl)c(Cl)c1)C(C)C. The molecule has 0 radical (unpaired) electrons. The fourth-order valence-corrected chi connectivity index (χ4v) is 2.67. The van der Waals surface area contributed by atoms with Crippen LogP contribution >= 0.6 is 23.2 Å². The molecule has 4 nitrogen and oxygen atoms in total. The second-order valence-electron chi connectivity index (χ2n) is 5.80. The van der Waals surface area contributed by atoms with Gasteiger partial charge in [0.2, 0.25) is 0 Å². The molecular weight excluding hydrogens is 361 g/mol. The van der Waals surface area contributed by atoms with Crippen molar-refractivity contribution in [2.24, 2.45) is 0 Å². The Labute approximate surface area is 158 Å². The molecule has 2 aromatic carbocycles. The van der Waals surface area contributed by atoms with Gasteiger partial charge >= 0.3 is 0 Å². The van der Waals surface area contributed by atoms with E-state index in [2.05, 4.69) is 0 Å². The number of para-hydroxylation sites is 2. The third kappa shape index (κ3) is 5.28. The molecule has 0 aliphatic heterocycles. The highest BCUT2D eigenvalue weighted by atomic mass is 35.5. The maximum atomic E-state index is 12.6. The number of halogens is 2. The quantitative estimate of drug-likeness (QED) is 0.689. The molecule has 6 heteroatoms. The Morgan fingerprint density at radius 3 is 2.36 bits per heavy atom. The zero-order chi connectivity index (χ0) is 18.4. The van der Waals surface area contributed by atoms with E-state index in [9.17, 15) is 4.79 Å². The van der Waals surface area contributed by atoms with E-state index >= 15 is 0 Å². The van der Waals surface area contributed by atoms with Gasteiger partial charge in [-0.25, -0.2) is 0 Å². The molecule has 0 aliphatic carbocycles. The maximum Gasteiger partial charge on any atom is 0.261 e. The Morgan fingerprint density at radius 1 is 1.08 bits per heavy atom. The van der Waals surface area contributed by atoms with Crippen molar-refractivity contribution in [3.8, 4) is 11.5 Å². The Morgan fingerprint density at radius 2 is 1.76 bits per heavy atom. The highest BCUT2D eigenvalue weighted by Crippen LogP contribution is 2.26. The fourth-order valence-electron chi connectivity index (χ4n) is 2.35. The minimum Gasteiger partial charge on any atom is -0.493 e. The largest absolute Gasteiger partial charge is 0.493 e. The third-order valence-corrected chi connectivity index (χ3v) is 4.44. The van der Waals surface area contributed by atoms with E-state index in [1.54, 1.807) is 36.3 Å². The lowest BCUT2D eigenvalue weighted by molar-refractivity contribution is -0.135. The van der Waals surface area contributed by atoms with Gasteiger partial charge in [-0.05, 0) is 43.7 Å². The molecule has 0 aromatic heterocycles. The first-order valence-electron chi connectivity index (χ1n) is 7.91. The number of rotatable bonds is 7. The number of benzene rings is 2.